The van der Waals surface area contributed by atoms with Crippen LogP contribution in [0.4, 0.5) is 5.69 Å². The molecule has 19 heavy (non-hydrogen) atoms. The van der Waals surface area contributed by atoms with Gasteiger partial charge in [-0.25, -0.2) is 0 Å². The van der Waals surface area contributed by atoms with Gasteiger partial charge in [-0.1, -0.05) is 42.1 Å². The minimum atomic E-state index is 0.255. The van der Waals surface area contributed by atoms with E-state index in [0.717, 1.165) is 22.3 Å². The van der Waals surface area contributed by atoms with Gasteiger partial charge in [0.15, 0.2) is 5.17 Å². The molecule has 5 heteroatoms. The second-order valence-electron chi connectivity index (χ2n) is 4.60. The zero-order valence-corrected chi connectivity index (χ0v) is 11.8. The summed E-state index contributed by atoms with van der Waals surface area (Å²) < 4.78 is 1.81. The number of aliphatic imine (C=N–C) groups is 1. The Balaban J connectivity index is 1.75. The van der Waals surface area contributed by atoms with Crippen molar-refractivity contribution in [2.75, 3.05) is 11.1 Å². The molecule has 0 bridgehead atoms. The van der Waals surface area contributed by atoms with Crippen LogP contribution in [0.2, 0.25) is 0 Å². The van der Waals surface area contributed by atoms with E-state index >= 15 is 0 Å². The van der Waals surface area contributed by atoms with E-state index in [1.807, 2.05) is 30.9 Å². The van der Waals surface area contributed by atoms with E-state index in [1.165, 1.54) is 5.56 Å². The highest BCUT2D eigenvalue weighted by Crippen LogP contribution is 2.31. The molecule has 0 saturated heterocycles. The van der Waals surface area contributed by atoms with Crippen LogP contribution in [0.1, 0.15) is 17.3 Å². The molecule has 0 spiro atoms. The van der Waals surface area contributed by atoms with Gasteiger partial charge in [0.05, 0.1) is 17.4 Å². The fourth-order valence-corrected chi connectivity index (χ4v) is 3.09. The number of aromatic nitrogens is 2. The molecule has 0 saturated carbocycles. The summed E-state index contributed by atoms with van der Waals surface area (Å²) in [7, 11) is 1.93. The number of hydrogen-bond donors (Lipinski definition) is 1. The molecule has 1 aromatic carbocycles. The molecule has 0 amide bonds. The molecule has 0 radical (unpaired) electrons. The number of aryl methyl sites for hydroxylation is 2. The first-order chi connectivity index (χ1) is 9.22. The molecular formula is C14H16N4S. The second kappa shape index (κ2) is 5.09. The molecule has 2 heterocycles. The van der Waals surface area contributed by atoms with Crippen LogP contribution in [0.25, 0.3) is 0 Å². The molecular weight excluding hydrogens is 256 g/mol. The van der Waals surface area contributed by atoms with Crippen molar-refractivity contribution >= 4 is 22.6 Å². The van der Waals surface area contributed by atoms with Crippen LogP contribution >= 0.6 is 11.8 Å². The summed E-state index contributed by atoms with van der Waals surface area (Å²) in [6.45, 7) is 2.00. The molecule has 4 nitrogen and oxygen atoms in total. The number of rotatable bonds is 2. The molecule has 1 aromatic heterocycles. The van der Waals surface area contributed by atoms with Gasteiger partial charge in [-0.3, -0.25) is 9.67 Å². The van der Waals surface area contributed by atoms with Crippen molar-refractivity contribution in [2.24, 2.45) is 12.0 Å². The van der Waals surface area contributed by atoms with Gasteiger partial charge < -0.3 is 5.32 Å². The first-order valence-corrected chi connectivity index (χ1v) is 7.24. The number of nitrogens with one attached hydrogen (secondary N) is 1. The smallest absolute Gasteiger partial charge is 0.161 e. The standard InChI is InChI=1S/C14H16N4S/c1-10-12(8-18(2)17-10)15-14-16-13(9-19-14)11-6-4-3-5-7-11/h3-8,13H,9H2,1-2H3,(H,15,16). The highest BCUT2D eigenvalue weighted by Gasteiger charge is 2.20. The third kappa shape index (κ3) is 2.66. The zero-order valence-electron chi connectivity index (χ0n) is 11.0. The summed E-state index contributed by atoms with van der Waals surface area (Å²) in [6, 6.07) is 10.7. The van der Waals surface area contributed by atoms with Crippen LogP contribution in [0.5, 0.6) is 0 Å². The lowest BCUT2D eigenvalue weighted by Gasteiger charge is -2.04. The lowest BCUT2D eigenvalue weighted by molar-refractivity contribution is 0.756. The molecule has 1 aliphatic heterocycles. The molecule has 1 N–H and O–H groups in total. The molecule has 98 valence electrons. The van der Waals surface area contributed by atoms with E-state index in [9.17, 15) is 0 Å². The summed E-state index contributed by atoms with van der Waals surface area (Å²) in [5.74, 6) is 0.992. The Morgan fingerprint density at radius 1 is 1.32 bits per heavy atom. The van der Waals surface area contributed by atoms with Crippen molar-refractivity contribution in [1.82, 2.24) is 9.78 Å². The molecule has 3 rings (SSSR count). The predicted molar refractivity (Wildman–Crippen MR) is 80.6 cm³/mol. The molecule has 0 aliphatic carbocycles. The third-order valence-electron chi connectivity index (χ3n) is 3.09. The fourth-order valence-electron chi connectivity index (χ4n) is 2.13. The quantitative estimate of drug-likeness (QED) is 0.914. The summed E-state index contributed by atoms with van der Waals surface area (Å²) >= 11 is 1.76. The number of amidine groups is 1. The minimum absolute atomic E-state index is 0.255. The van der Waals surface area contributed by atoms with Crippen LogP contribution in [0.15, 0.2) is 41.5 Å². The van der Waals surface area contributed by atoms with Crippen molar-refractivity contribution in [1.29, 1.82) is 0 Å². The zero-order chi connectivity index (χ0) is 13.2. The van der Waals surface area contributed by atoms with E-state index in [1.54, 1.807) is 11.8 Å². The fraction of sp³-hybridized carbons (Fsp3) is 0.286. The van der Waals surface area contributed by atoms with E-state index < -0.39 is 0 Å². The topological polar surface area (TPSA) is 42.2 Å². The van der Waals surface area contributed by atoms with Gasteiger partial charge in [-0.15, -0.1) is 0 Å². The van der Waals surface area contributed by atoms with Gasteiger partial charge in [-0.2, -0.15) is 5.10 Å². The lowest BCUT2D eigenvalue weighted by Crippen LogP contribution is -2.05. The third-order valence-corrected chi connectivity index (χ3v) is 4.05. The monoisotopic (exact) mass is 272 g/mol. The van der Waals surface area contributed by atoms with Gasteiger partial charge in [-0.05, 0) is 12.5 Å². The Kier molecular flexibility index (Phi) is 3.29. The highest BCUT2D eigenvalue weighted by molar-refractivity contribution is 8.14. The van der Waals surface area contributed by atoms with Gasteiger partial charge in [0.25, 0.3) is 0 Å². The summed E-state index contributed by atoms with van der Waals surface area (Å²) in [5, 5.41) is 8.66. The van der Waals surface area contributed by atoms with Crippen LogP contribution in [-0.2, 0) is 7.05 Å². The summed E-state index contributed by atoms with van der Waals surface area (Å²) in [4.78, 5) is 4.74. The first kappa shape index (κ1) is 12.3. The SMILES string of the molecule is Cc1nn(C)cc1NC1=NC(c2ccccc2)CS1. The number of anilines is 1. The minimum Gasteiger partial charge on any atom is -0.332 e. The molecule has 1 aliphatic rings. The van der Waals surface area contributed by atoms with Gasteiger partial charge >= 0.3 is 0 Å². The van der Waals surface area contributed by atoms with Gasteiger partial charge in [0.1, 0.15) is 0 Å². The van der Waals surface area contributed by atoms with Gasteiger partial charge in [0.2, 0.25) is 0 Å². The number of thioether (sulfide) groups is 1. The van der Waals surface area contributed by atoms with Crippen LogP contribution < -0.4 is 5.32 Å². The van der Waals surface area contributed by atoms with Crippen molar-refractivity contribution in [3.8, 4) is 0 Å². The van der Waals surface area contributed by atoms with E-state index in [0.29, 0.717) is 0 Å². The lowest BCUT2D eigenvalue weighted by atomic mass is 10.1. The number of hydrogen-bond acceptors (Lipinski definition) is 4. The summed E-state index contributed by atoms with van der Waals surface area (Å²) in [5.41, 5.74) is 3.30. The summed E-state index contributed by atoms with van der Waals surface area (Å²) in [6.07, 6.45) is 1.98. The van der Waals surface area contributed by atoms with E-state index in [-0.39, 0.29) is 6.04 Å². The maximum Gasteiger partial charge on any atom is 0.161 e. The highest BCUT2D eigenvalue weighted by atomic mass is 32.2. The molecule has 0 fully saturated rings. The average molecular weight is 272 g/mol. The Morgan fingerprint density at radius 2 is 2.11 bits per heavy atom. The van der Waals surface area contributed by atoms with Crippen LogP contribution in [-0.4, -0.2) is 20.7 Å². The largest absolute Gasteiger partial charge is 0.332 e. The van der Waals surface area contributed by atoms with Crippen LogP contribution in [0.3, 0.4) is 0 Å². The number of benzene rings is 1. The molecule has 1 atom stereocenters. The average Bonchev–Trinajstić information content (AvgIpc) is 2.99. The van der Waals surface area contributed by atoms with Crippen molar-refractivity contribution in [3.63, 3.8) is 0 Å². The second-order valence-corrected chi connectivity index (χ2v) is 5.61. The maximum atomic E-state index is 4.74. The van der Waals surface area contributed by atoms with Gasteiger partial charge in [0, 0.05) is 19.0 Å². The van der Waals surface area contributed by atoms with Crippen LogP contribution in [0, 0.1) is 6.92 Å². The Morgan fingerprint density at radius 3 is 2.79 bits per heavy atom. The normalized spacial score (nSPS) is 18.4. The van der Waals surface area contributed by atoms with E-state index in [4.69, 9.17) is 4.99 Å². The Labute approximate surface area is 116 Å². The predicted octanol–water partition coefficient (Wildman–Crippen LogP) is 2.98. The Hall–Kier alpha value is -1.75. The van der Waals surface area contributed by atoms with E-state index in [2.05, 4.69) is 34.7 Å². The van der Waals surface area contributed by atoms with Crippen molar-refractivity contribution in [2.45, 2.75) is 13.0 Å². The Bertz CT molecular complexity index is 603. The maximum absolute atomic E-state index is 4.74. The number of nitrogens with zero attached hydrogens (tertiary/aromatic N) is 3. The van der Waals surface area contributed by atoms with Crippen molar-refractivity contribution < 1.29 is 0 Å². The molecule has 1 unspecified atom stereocenters. The van der Waals surface area contributed by atoms with Crippen molar-refractivity contribution in [3.05, 3.63) is 47.8 Å². The first-order valence-electron chi connectivity index (χ1n) is 6.25. The molecule has 2 aromatic rings.